The number of allylic oxidation sites excluding steroid dienone is 6. The molecule has 0 fully saturated rings. The highest BCUT2D eigenvalue weighted by molar-refractivity contribution is 7.86. The summed E-state index contributed by atoms with van der Waals surface area (Å²) in [5, 5.41) is 0. The van der Waals surface area contributed by atoms with Crippen molar-refractivity contribution in [2.45, 2.75) is 268 Å². The number of benzene rings is 2. The van der Waals surface area contributed by atoms with Crippen molar-refractivity contribution in [1.82, 2.24) is 0 Å². The molecule has 2 heterocycles. The first-order valence-electron chi connectivity index (χ1n) is 28.8. The highest BCUT2D eigenvalue weighted by atomic mass is 32.2. The van der Waals surface area contributed by atoms with Gasteiger partial charge in [-0.1, -0.05) is 232 Å². The van der Waals surface area contributed by atoms with Crippen LogP contribution in [0.4, 0.5) is 11.4 Å². The molecule has 2 aromatic rings. The molecule has 2 aliphatic heterocycles. The third-order valence-corrected chi connectivity index (χ3v) is 17.2. The van der Waals surface area contributed by atoms with E-state index >= 15 is 0 Å². The summed E-state index contributed by atoms with van der Waals surface area (Å²) < 4.78 is 71.3. The third-order valence-electron chi connectivity index (χ3n) is 15.5. The topological polar surface area (TPSA) is 115 Å². The lowest BCUT2D eigenvalue weighted by Gasteiger charge is -2.27. The van der Waals surface area contributed by atoms with E-state index in [0.717, 1.165) is 72.7 Å². The van der Waals surface area contributed by atoms with Crippen LogP contribution in [0.15, 0.2) is 82.3 Å². The largest absolute Gasteiger partial charge is 0.344 e. The lowest BCUT2D eigenvalue weighted by Crippen LogP contribution is -2.28. The number of fused-ring (bicyclic) bond motifs is 2. The van der Waals surface area contributed by atoms with Gasteiger partial charge < -0.3 is 4.90 Å². The molecule has 8 nitrogen and oxygen atoms in total. The molecule has 0 unspecified atom stereocenters. The summed E-state index contributed by atoms with van der Waals surface area (Å²) in [6.07, 6.45) is 52.4. The Balaban J connectivity index is 1.36. The van der Waals surface area contributed by atoms with Crippen LogP contribution in [0, 0.1) is 0 Å². The molecular weight excluding hydrogens is 921 g/mol. The average molecular weight is 1020 g/mol. The minimum Gasteiger partial charge on any atom is -0.344 e. The van der Waals surface area contributed by atoms with Crippen LogP contribution in [-0.2, 0) is 31.1 Å². The van der Waals surface area contributed by atoms with Crippen LogP contribution in [0.2, 0.25) is 0 Å². The first-order valence-corrected chi connectivity index (χ1v) is 31.6. The lowest BCUT2D eigenvalue weighted by atomic mass is 9.81. The van der Waals surface area contributed by atoms with E-state index in [1.165, 1.54) is 192 Å². The maximum atomic E-state index is 12.3. The van der Waals surface area contributed by atoms with Crippen molar-refractivity contribution in [3.8, 4) is 0 Å². The van der Waals surface area contributed by atoms with Gasteiger partial charge in [-0.05, 0) is 68.7 Å². The molecule has 0 aromatic heterocycles. The molecule has 2 aromatic carbocycles. The van der Waals surface area contributed by atoms with E-state index in [1.807, 2.05) is 18.2 Å². The van der Waals surface area contributed by atoms with Crippen LogP contribution >= 0.6 is 0 Å². The molecule has 0 amide bonds. The van der Waals surface area contributed by atoms with E-state index in [1.54, 1.807) is 12.1 Å². The highest BCUT2D eigenvalue weighted by Crippen LogP contribution is 2.49. The Morgan fingerprint density at radius 2 is 0.873 bits per heavy atom. The van der Waals surface area contributed by atoms with Gasteiger partial charge in [0.05, 0.1) is 15.2 Å². The van der Waals surface area contributed by atoms with Crippen molar-refractivity contribution in [2.24, 2.45) is 0 Å². The monoisotopic (exact) mass is 1020 g/mol. The lowest BCUT2D eigenvalue weighted by molar-refractivity contribution is -0.438. The van der Waals surface area contributed by atoms with Crippen molar-refractivity contribution in [3.05, 3.63) is 83.6 Å². The van der Waals surface area contributed by atoms with E-state index in [2.05, 4.69) is 75.3 Å². The zero-order chi connectivity index (χ0) is 51.6. The number of unbranched alkanes of at least 4 members (excludes halogenated alkanes) is 30. The first kappa shape index (κ1) is 60.5. The Morgan fingerprint density at radius 1 is 0.479 bits per heavy atom. The summed E-state index contributed by atoms with van der Waals surface area (Å²) in [4.78, 5) is 2.16. The van der Waals surface area contributed by atoms with Gasteiger partial charge in [0.1, 0.15) is 6.54 Å². The van der Waals surface area contributed by atoms with Gasteiger partial charge in [0.2, 0.25) is 5.69 Å². The van der Waals surface area contributed by atoms with Gasteiger partial charge >= 0.3 is 0 Å². The number of anilines is 1. The van der Waals surface area contributed by atoms with Gasteiger partial charge in [-0.3, -0.25) is 9.11 Å². The Hall–Kier alpha value is -3.05. The van der Waals surface area contributed by atoms with E-state index < -0.39 is 31.1 Å². The molecule has 0 saturated carbocycles. The van der Waals surface area contributed by atoms with Crippen molar-refractivity contribution in [1.29, 1.82) is 0 Å². The smallest absolute Gasteiger partial charge is 0.294 e. The van der Waals surface area contributed by atoms with Gasteiger partial charge in [-0.2, -0.15) is 21.4 Å². The van der Waals surface area contributed by atoms with Crippen molar-refractivity contribution in [2.75, 3.05) is 18.0 Å². The van der Waals surface area contributed by atoms with Crippen LogP contribution in [-0.4, -0.2) is 49.3 Å². The van der Waals surface area contributed by atoms with Crippen LogP contribution in [0.1, 0.15) is 258 Å². The fourth-order valence-electron chi connectivity index (χ4n) is 11.1. The number of nitrogens with zero attached hydrogens (tertiary/aromatic N) is 2. The molecule has 0 aliphatic carbocycles. The van der Waals surface area contributed by atoms with Gasteiger partial charge in [-0.15, -0.1) is 0 Å². The number of rotatable bonds is 39. The molecule has 2 N–H and O–H groups in total. The van der Waals surface area contributed by atoms with Crippen LogP contribution < -0.4 is 4.90 Å². The molecule has 400 valence electrons. The molecule has 0 atom stereocenters. The van der Waals surface area contributed by atoms with E-state index in [0.29, 0.717) is 0 Å². The van der Waals surface area contributed by atoms with Crippen LogP contribution in [0.3, 0.4) is 0 Å². The fourth-order valence-corrected chi connectivity index (χ4v) is 12.1. The van der Waals surface area contributed by atoms with Gasteiger partial charge in [-0.25, -0.2) is 0 Å². The quantitative estimate of drug-likeness (QED) is 0.0297. The summed E-state index contributed by atoms with van der Waals surface area (Å²) in [6.45, 7) is 14.7. The number of hydrogen-bond acceptors (Lipinski definition) is 5. The zero-order valence-electron chi connectivity index (χ0n) is 45.6. The molecule has 4 rings (SSSR count). The first-order chi connectivity index (χ1) is 34.0. The summed E-state index contributed by atoms with van der Waals surface area (Å²) in [7, 11) is -8.72. The Kier molecular flexibility index (Phi) is 27.0. The molecule has 0 radical (unpaired) electrons. The maximum absolute atomic E-state index is 12.3. The van der Waals surface area contributed by atoms with Crippen LogP contribution in [0.5, 0.6) is 0 Å². The standard InChI is InChI=1S/C61H98N2O6S2/c1-7-9-11-13-15-17-19-21-23-25-27-29-31-33-35-40-48-62-56-46-44-52(70(64,65)66)50-54(56)60(3,4)58(62)42-38-37-39-43-59-61(5,6)55-51-53(71(67,68)69)45-47-57(55)63(59)49-41-36-34-32-30-28-26-24-22-20-18-16-14-12-10-8-2/h37-39,42-47,50-51H,7-36,40-41,48-49H2,1-6H3,(H-,64,65,66,67,68,69)/p+1. The van der Waals surface area contributed by atoms with Crippen molar-refractivity contribution in [3.63, 3.8) is 0 Å². The predicted octanol–water partition coefficient (Wildman–Crippen LogP) is 17.9. The van der Waals surface area contributed by atoms with Crippen LogP contribution in [0.25, 0.3) is 0 Å². The Labute approximate surface area is 434 Å². The summed E-state index contributed by atoms with van der Waals surface area (Å²) in [5.41, 5.74) is 4.88. The summed E-state index contributed by atoms with van der Waals surface area (Å²) in [6, 6.07) is 9.97. The van der Waals surface area contributed by atoms with Gasteiger partial charge in [0, 0.05) is 47.5 Å². The SMILES string of the molecule is CCCCCCCCCCCCCCCCCCN1\C(=C/C=C/C=C/C2=[N+](CCCCCCCCCCCCCCCCCC)c3ccc(S(=O)(=O)O)cc3C2(C)C)C(C)(C)c2cc(S(=O)(=O)O)ccc21. The number of hydrogen-bond donors (Lipinski definition) is 2. The Bertz CT molecular complexity index is 2240. The van der Waals surface area contributed by atoms with Gasteiger partial charge in [0.25, 0.3) is 20.2 Å². The average Bonchev–Trinajstić information content (AvgIpc) is 3.67. The second kappa shape index (κ2) is 31.6. The zero-order valence-corrected chi connectivity index (χ0v) is 47.3. The highest BCUT2D eigenvalue weighted by Gasteiger charge is 2.45. The minimum absolute atomic E-state index is 0.0866. The molecule has 2 aliphatic rings. The predicted molar refractivity (Wildman–Crippen MR) is 301 cm³/mol. The van der Waals surface area contributed by atoms with E-state index in [-0.39, 0.29) is 9.79 Å². The normalized spacial score (nSPS) is 16.1. The van der Waals surface area contributed by atoms with E-state index in [4.69, 9.17) is 0 Å². The Morgan fingerprint density at radius 3 is 1.31 bits per heavy atom. The molecule has 0 saturated heterocycles. The fraction of sp³-hybridized carbons (Fsp3) is 0.689. The molecule has 0 spiro atoms. The second-order valence-corrected chi connectivity index (χ2v) is 25.0. The van der Waals surface area contributed by atoms with Crippen molar-refractivity contribution >= 4 is 37.3 Å². The summed E-state index contributed by atoms with van der Waals surface area (Å²) in [5.74, 6) is 0. The van der Waals surface area contributed by atoms with Gasteiger partial charge in [0.15, 0.2) is 5.71 Å². The molecule has 71 heavy (non-hydrogen) atoms. The molecular formula is C61H99N2O6S2+. The minimum atomic E-state index is -4.36. The summed E-state index contributed by atoms with van der Waals surface area (Å²) >= 11 is 0. The van der Waals surface area contributed by atoms with Crippen molar-refractivity contribution < 1.29 is 30.5 Å². The second-order valence-electron chi connectivity index (χ2n) is 22.1. The third kappa shape index (κ3) is 20.0. The van der Waals surface area contributed by atoms with E-state index in [9.17, 15) is 25.9 Å². The molecule has 0 bridgehead atoms. The molecule has 10 heteroatoms. The maximum Gasteiger partial charge on any atom is 0.294 e.